The average molecular weight is 666 g/mol. The van der Waals surface area contributed by atoms with Gasteiger partial charge in [-0.25, -0.2) is 9.13 Å². The number of quaternary nitrogens is 2. The largest absolute Gasteiger partial charge is 0.472 e. The van der Waals surface area contributed by atoms with Crippen LogP contribution in [0.5, 0.6) is 0 Å². The van der Waals surface area contributed by atoms with Crippen molar-refractivity contribution in [2.45, 2.75) is 71.1 Å². The van der Waals surface area contributed by atoms with Gasteiger partial charge in [-0.1, -0.05) is 64.7 Å². The predicted molar refractivity (Wildman–Crippen MR) is 170 cm³/mol. The number of aliphatic hydroxyl groups is 2. The molecule has 0 aromatic carbocycles. The second-order valence-corrected chi connectivity index (χ2v) is 15.4. The van der Waals surface area contributed by atoms with Crippen molar-refractivity contribution in [2.24, 2.45) is 0 Å². The molecule has 2 unspecified atom stereocenters. The van der Waals surface area contributed by atoms with E-state index in [1.54, 1.807) is 0 Å². The average Bonchev–Trinajstić information content (AvgIpc) is 2.88. The summed E-state index contributed by atoms with van der Waals surface area (Å²) in [7, 11) is -0.918. The van der Waals surface area contributed by atoms with Crippen molar-refractivity contribution < 1.29 is 56.2 Å². The minimum atomic E-state index is -4.24. The van der Waals surface area contributed by atoms with Crippen LogP contribution in [0.15, 0.2) is 0 Å². The van der Waals surface area contributed by atoms with Gasteiger partial charge in [0.05, 0.1) is 54.6 Å². The van der Waals surface area contributed by atoms with Crippen LogP contribution in [-0.2, 0) is 27.2 Å². The molecule has 0 aromatic heterocycles. The highest BCUT2D eigenvalue weighted by molar-refractivity contribution is 7.47. The third-order valence-electron chi connectivity index (χ3n) is 7.46. The van der Waals surface area contributed by atoms with E-state index in [2.05, 4.69) is 6.92 Å². The summed E-state index contributed by atoms with van der Waals surface area (Å²) >= 11 is 0. The molecule has 2 atom stereocenters. The van der Waals surface area contributed by atoms with Crippen LogP contribution in [-0.4, -0.2) is 148 Å². The molecule has 4 N–H and O–H groups in total. The lowest BCUT2D eigenvalue weighted by Gasteiger charge is -2.29. The molecule has 0 aliphatic heterocycles. The number of hydrogen-bond acceptors (Lipinski definition) is 9. The molecule has 0 aliphatic rings. The van der Waals surface area contributed by atoms with Gasteiger partial charge in [0.2, 0.25) is 0 Å². The summed E-state index contributed by atoms with van der Waals surface area (Å²) < 4.78 is 46.2. The van der Waals surface area contributed by atoms with Gasteiger partial charge in [0.15, 0.2) is 0 Å². The number of likely N-dealkylation sites (N-methyl/N-ethyl adjacent to an activating group) is 2. The summed E-state index contributed by atoms with van der Waals surface area (Å²) in [5, 5.41) is 18.3. The van der Waals surface area contributed by atoms with Crippen LogP contribution in [0.2, 0.25) is 0 Å². The summed E-state index contributed by atoms with van der Waals surface area (Å²) in [6.45, 7) is 5.40. The Morgan fingerprint density at radius 1 is 0.535 bits per heavy atom. The maximum absolute atomic E-state index is 12.4. The van der Waals surface area contributed by atoms with Gasteiger partial charge in [0, 0.05) is 13.1 Å². The van der Waals surface area contributed by atoms with E-state index in [1.165, 1.54) is 44.9 Å². The zero-order valence-corrected chi connectivity index (χ0v) is 29.5. The molecule has 0 rings (SSSR count). The van der Waals surface area contributed by atoms with Gasteiger partial charge >= 0.3 is 15.6 Å². The van der Waals surface area contributed by atoms with E-state index in [9.17, 15) is 18.9 Å². The molecule has 0 bridgehead atoms. The van der Waals surface area contributed by atoms with Crippen molar-refractivity contribution in [2.75, 3.05) is 114 Å². The van der Waals surface area contributed by atoms with Gasteiger partial charge in [-0.2, -0.15) is 0 Å². The fourth-order valence-electron chi connectivity index (χ4n) is 4.38. The summed E-state index contributed by atoms with van der Waals surface area (Å²) in [5.41, 5.74) is 0. The molecule has 0 amide bonds. The third-order valence-corrected chi connectivity index (χ3v) is 9.50. The van der Waals surface area contributed by atoms with E-state index in [0.29, 0.717) is 54.8 Å². The Hall–Kier alpha value is 0.0200. The molecule has 43 heavy (non-hydrogen) atoms. The molecule has 0 saturated carbocycles. The quantitative estimate of drug-likeness (QED) is 0.0488. The van der Waals surface area contributed by atoms with Crippen LogP contribution in [0.4, 0.5) is 0 Å². The molecule has 0 heterocycles. The first-order chi connectivity index (χ1) is 20.2. The summed E-state index contributed by atoms with van der Waals surface area (Å²) in [6, 6.07) is 0. The summed E-state index contributed by atoms with van der Waals surface area (Å²) in [4.78, 5) is 22.1. The van der Waals surface area contributed by atoms with Crippen LogP contribution >= 0.6 is 15.6 Å². The van der Waals surface area contributed by atoms with Gasteiger partial charge in [0.1, 0.15) is 39.4 Å². The molecule has 0 radical (unpaired) electrons. The van der Waals surface area contributed by atoms with Crippen LogP contribution in [0.1, 0.15) is 71.1 Å². The molecule has 0 fully saturated rings. The number of phosphoric acid groups is 2. The molecule has 0 aromatic rings. The Labute approximate surface area is 261 Å². The first-order valence-electron chi connectivity index (χ1n) is 16.0. The minimum Gasteiger partial charge on any atom is -0.391 e. The van der Waals surface area contributed by atoms with Crippen LogP contribution in [0.25, 0.3) is 0 Å². The summed E-state index contributed by atoms with van der Waals surface area (Å²) in [6.07, 6.45) is 12.0. The first-order valence-corrected chi connectivity index (χ1v) is 19.0. The number of aliphatic hydroxyl groups excluding tert-OH is 2. The molecule has 15 heteroatoms. The topological polar surface area (TPSA) is 155 Å². The molecule has 0 spiro atoms. The third kappa shape index (κ3) is 26.9. The smallest absolute Gasteiger partial charge is 0.391 e. The van der Waals surface area contributed by atoms with Crippen LogP contribution < -0.4 is 0 Å². The lowest BCUT2D eigenvalue weighted by molar-refractivity contribution is -0.890. The predicted octanol–water partition coefficient (Wildman–Crippen LogP) is 3.61. The van der Waals surface area contributed by atoms with Crippen LogP contribution in [0, 0.1) is 0 Å². The van der Waals surface area contributed by atoms with E-state index in [4.69, 9.17) is 28.3 Å². The van der Waals surface area contributed by atoms with Gasteiger partial charge in [-0.05, 0) is 13.0 Å². The van der Waals surface area contributed by atoms with E-state index in [-0.39, 0.29) is 39.6 Å². The fourth-order valence-corrected chi connectivity index (χ4v) is 5.77. The van der Waals surface area contributed by atoms with Crippen molar-refractivity contribution >= 4 is 15.6 Å². The van der Waals surface area contributed by atoms with E-state index in [1.807, 2.05) is 33.1 Å². The summed E-state index contributed by atoms with van der Waals surface area (Å²) in [5.74, 6) is 0. The Balaban J connectivity index is 4.67. The van der Waals surface area contributed by atoms with Gasteiger partial charge in [-0.3, -0.25) is 23.0 Å². The number of phosphoric ester groups is 2. The van der Waals surface area contributed by atoms with E-state index >= 15 is 0 Å². The number of hydrogen-bond donors (Lipinski definition) is 4. The number of nitrogens with zero attached hydrogens (tertiary/aromatic N) is 3. The normalized spacial score (nSPS) is 15.6. The standard InChI is InChI=1S/C28H63N3O10P2/c1-6-7-8-9-10-11-12-13-14-15-16-29(17-25-38-42(34,35)40-27-21-30(2,3)19-23-32)18-26-39-43(36,37)41-28-22-31(4,5)20-24-33/h32-33H,6-28H2,1-5H3/p+2. The van der Waals surface area contributed by atoms with Gasteiger partial charge in [-0.15, -0.1) is 0 Å². The van der Waals surface area contributed by atoms with E-state index < -0.39 is 15.6 Å². The zero-order valence-electron chi connectivity index (χ0n) is 27.7. The van der Waals surface area contributed by atoms with E-state index in [0.717, 1.165) is 19.3 Å². The van der Waals surface area contributed by atoms with Gasteiger partial charge in [0.25, 0.3) is 0 Å². The minimum absolute atomic E-state index is 0.0127. The lowest BCUT2D eigenvalue weighted by Crippen LogP contribution is -2.44. The maximum atomic E-state index is 12.4. The Kier molecular flexibility index (Phi) is 24.2. The highest BCUT2D eigenvalue weighted by Crippen LogP contribution is 2.43. The Bertz CT molecular complexity index is 727. The monoisotopic (exact) mass is 665 g/mol. The van der Waals surface area contributed by atoms with Crippen LogP contribution in [0.3, 0.4) is 0 Å². The second kappa shape index (κ2) is 24.2. The van der Waals surface area contributed by atoms with Crippen molar-refractivity contribution in [3.05, 3.63) is 0 Å². The number of rotatable bonds is 31. The van der Waals surface area contributed by atoms with Crippen molar-refractivity contribution in [3.8, 4) is 0 Å². The molecule has 0 saturated heterocycles. The zero-order chi connectivity index (χ0) is 32.7. The maximum Gasteiger partial charge on any atom is 0.472 e. The highest BCUT2D eigenvalue weighted by atomic mass is 31.2. The van der Waals surface area contributed by atoms with Crippen molar-refractivity contribution in [3.63, 3.8) is 0 Å². The molecular weight excluding hydrogens is 600 g/mol. The Morgan fingerprint density at radius 3 is 1.26 bits per heavy atom. The molecule has 13 nitrogen and oxygen atoms in total. The first kappa shape index (κ1) is 43.0. The molecule has 260 valence electrons. The highest BCUT2D eigenvalue weighted by Gasteiger charge is 2.25. The second-order valence-electron chi connectivity index (χ2n) is 12.5. The molecular formula is C28H65N3O10P2+2. The molecule has 0 aliphatic carbocycles. The lowest BCUT2D eigenvalue weighted by atomic mass is 10.1. The SMILES string of the molecule is CCCCCCCCCCCCN(CCOP(=O)(O)OCC[N+](C)(C)CCO)CCOP(=O)(O)OCC[N+](C)(C)CCO. The fraction of sp³-hybridized carbons (Fsp3) is 1.00. The van der Waals surface area contributed by atoms with Crippen molar-refractivity contribution in [1.29, 1.82) is 0 Å². The van der Waals surface area contributed by atoms with Crippen molar-refractivity contribution in [1.82, 2.24) is 4.90 Å². The van der Waals surface area contributed by atoms with Gasteiger partial charge < -0.3 is 29.0 Å². The Morgan fingerprint density at radius 2 is 0.884 bits per heavy atom. The number of unbranched alkanes of at least 4 members (excludes halogenated alkanes) is 9.